The second-order valence-corrected chi connectivity index (χ2v) is 6.97. The Kier molecular flexibility index (Phi) is 6.28. The number of amides is 1. The maximum Gasteiger partial charge on any atom is 0.240 e. The van der Waals surface area contributed by atoms with Crippen LogP contribution in [0.1, 0.15) is 12.0 Å². The number of sulfonamides is 1. The van der Waals surface area contributed by atoms with Crippen molar-refractivity contribution in [2.24, 2.45) is 0 Å². The topological polar surface area (TPSA) is 75.3 Å². The van der Waals surface area contributed by atoms with Crippen molar-refractivity contribution in [3.05, 3.63) is 72.8 Å². The molecule has 0 aliphatic carbocycles. The molecular formula is C18H20N2O3S. The van der Waals surface area contributed by atoms with Crippen LogP contribution in [0.25, 0.3) is 0 Å². The van der Waals surface area contributed by atoms with Crippen LogP contribution in [-0.4, -0.2) is 20.9 Å². The number of rotatable bonds is 8. The van der Waals surface area contributed by atoms with Crippen molar-refractivity contribution in [1.82, 2.24) is 4.72 Å². The minimum Gasteiger partial charge on any atom is -0.326 e. The maximum absolute atomic E-state index is 12.0. The van der Waals surface area contributed by atoms with Crippen molar-refractivity contribution in [1.29, 1.82) is 0 Å². The summed E-state index contributed by atoms with van der Waals surface area (Å²) in [5, 5.41) is 2.76. The zero-order valence-electron chi connectivity index (χ0n) is 13.2. The zero-order chi connectivity index (χ0) is 17.4. The second-order valence-electron chi connectivity index (χ2n) is 5.20. The molecule has 1 amide bonds. The Morgan fingerprint density at radius 2 is 1.71 bits per heavy atom. The van der Waals surface area contributed by atoms with E-state index in [0.717, 1.165) is 5.56 Å². The van der Waals surface area contributed by atoms with Gasteiger partial charge in [-0.05, 0) is 36.2 Å². The lowest BCUT2D eigenvalue weighted by atomic mass is 10.1. The highest BCUT2D eigenvalue weighted by Gasteiger charge is 2.12. The molecule has 0 atom stereocenters. The zero-order valence-corrected chi connectivity index (χ0v) is 14.1. The number of aryl methyl sites for hydroxylation is 1. The van der Waals surface area contributed by atoms with E-state index >= 15 is 0 Å². The van der Waals surface area contributed by atoms with Crippen molar-refractivity contribution >= 4 is 21.6 Å². The van der Waals surface area contributed by atoms with E-state index in [0.29, 0.717) is 18.5 Å². The average Bonchev–Trinajstić information content (AvgIpc) is 2.60. The molecule has 2 aromatic rings. The van der Waals surface area contributed by atoms with Crippen LogP contribution >= 0.6 is 0 Å². The molecule has 5 nitrogen and oxygen atoms in total. The molecule has 24 heavy (non-hydrogen) atoms. The molecule has 0 heterocycles. The lowest BCUT2D eigenvalue weighted by molar-refractivity contribution is -0.116. The summed E-state index contributed by atoms with van der Waals surface area (Å²) in [6.07, 6.45) is 2.49. The Labute approximate surface area is 142 Å². The number of benzene rings is 2. The minimum atomic E-state index is -3.55. The van der Waals surface area contributed by atoms with E-state index in [-0.39, 0.29) is 17.3 Å². The van der Waals surface area contributed by atoms with Gasteiger partial charge in [-0.25, -0.2) is 13.1 Å². The van der Waals surface area contributed by atoms with Gasteiger partial charge in [-0.15, -0.1) is 6.58 Å². The molecular weight excluding hydrogens is 324 g/mol. The molecule has 0 radical (unpaired) electrons. The van der Waals surface area contributed by atoms with E-state index in [1.807, 2.05) is 30.3 Å². The summed E-state index contributed by atoms with van der Waals surface area (Å²) < 4.78 is 26.3. The van der Waals surface area contributed by atoms with Gasteiger partial charge in [0.1, 0.15) is 0 Å². The highest BCUT2D eigenvalue weighted by Crippen LogP contribution is 2.14. The Morgan fingerprint density at radius 3 is 2.33 bits per heavy atom. The molecule has 0 aliphatic heterocycles. The molecule has 0 bridgehead atoms. The second kappa shape index (κ2) is 8.42. The molecule has 6 heteroatoms. The fraction of sp³-hybridized carbons (Fsp3) is 0.167. The summed E-state index contributed by atoms with van der Waals surface area (Å²) in [5.74, 6) is -0.112. The highest BCUT2D eigenvalue weighted by atomic mass is 32.2. The van der Waals surface area contributed by atoms with E-state index in [1.165, 1.54) is 18.2 Å². The third kappa shape index (κ3) is 5.33. The fourth-order valence-electron chi connectivity index (χ4n) is 2.10. The number of hydrogen-bond donors (Lipinski definition) is 2. The number of carbonyl (C=O) groups is 1. The summed E-state index contributed by atoms with van der Waals surface area (Å²) in [6.45, 7) is 3.64. The SMILES string of the molecule is C=CCNS(=O)(=O)c1ccc(NC(=O)CCc2ccccc2)cc1. The first-order chi connectivity index (χ1) is 11.5. The maximum atomic E-state index is 12.0. The molecule has 0 saturated heterocycles. The summed E-state index contributed by atoms with van der Waals surface area (Å²) in [6, 6.07) is 15.8. The van der Waals surface area contributed by atoms with Crippen molar-refractivity contribution < 1.29 is 13.2 Å². The van der Waals surface area contributed by atoms with Gasteiger partial charge in [0, 0.05) is 18.7 Å². The summed E-state index contributed by atoms with van der Waals surface area (Å²) in [5.41, 5.74) is 1.66. The largest absolute Gasteiger partial charge is 0.326 e. The predicted octanol–water partition coefficient (Wildman–Crippen LogP) is 2.72. The number of carbonyl (C=O) groups excluding carboxylic acids is 1. The molecule has 2 rings (SSSR count). The van der Waals surface area contributed by atoms with Gasteiger partial charge in [0.2, 0.25) is 15.9 Å². The smallest absolute Gasteiger partial charge is 0.240 e. The molecule has 126 valence electrons. The summed E-state index contributed by atoms with van der Waals surface area (Å²) in [7, 11) is -3.55. The third-order valence-corrected chi connectivity index (χ3v) is 4.79. The Hall–Kier alpha value is -2.44. The molecule has 2 N–H and O–H groups in total. The Morgan fingerprint density at radius 1 is 1.04 bits per heavy atom. The minimum absolute atomic E-state index is 0.112. The summed E-state index contributed by atoms with van der Waals surface area (Å²) in [4.78, 5) is 12.1. The van der Waals surface area contributed by atoms with Crippen LogP contribution in [0.2, 0.25) is 0 Å². The van der Waals surface area contributed by atoms with E-state index in [9.17, 15) is 13.2 Å². The fourth-order valence-corrected chi connectivity index (χ4v) is 3.09. The summed E-state index contributed by atoms with van der Waals surface area (Å²) >= 11 is 0. The van der Waals surface area contributed by atoms with E-state index in [2.05, 4.69) is 16.6 Å². The first kappa shape index (κ1) is 17.9. The molecule has 0 aliphatic rings. The molecule has 0 unspecified atom stereocenters. The molecule has 0 aromatic heterocycles. The van der Waals surface area contributed by atoms with E-state index < -0.39 is 10.0 Å². The van der Waals surface area contributed by atoms with Gasteiger partial charge in [0.05, 0.1) is 4.90 Å². The van der Waals surface area contributed by atoms with Crippen molar-refractivity contribution in [2.75, 3.05) is 11.9 Å². The van der Waals surface area contributed by atoms with Crippen LogP contribution in [0.4, 0.5) is 5.69 Å². The Balaban J connectivity index is 1.91. The quantitative estimate of drug-likeness (QED) is 0.723. The third-order valence-electron chi connectivity index (χ3n) is 3.35. The van der Waals surface area contributed by atoms with Gasteiger partial charge in [-0.1, -0.05) is 36.4 Å². The van der Waals surface area contributed by atoms with Crippen LogP contribution in [-0.2, 0) is 21.2 Å². The normalized spacial score (nSPS) is 11.0. The highest BCUT2D eigenvalue weighted by molar-refractivity contribution is 7.89. The van der Waals surface area contributed by atoms with Gasteiger partial charge < -0.3 is 5.32 Å². The van der Waals surface area contributed by atoms with Gasteiger partial charge in [0.15, 0.2) is 0 Å². The van der Waals surface area contributed by atoms with Gasteiger partial charge in [0.25, 0.3) is 0 Å². The molecule has 0 saturated carbocycles. The predicted molar refractivity (Wildman–Crippen MR) is 95.2 cm³/mol. The van der Waals surface area contributed by atoms with Crippen molar-refractivity contribution in [3.63, 3.8) is 0 Å². The van der Waals surface area contributed by atoms with Crippen LogP contribution in [0.3, 0.4) is 0 Å². The number of nitrogens with one attached hydrogen (secondary N) is 2. The van der Waals surface area contributed by atoms with Gasteiger partial charge in [-0.3, -0.25) is 4.79 Å². The van der Waals surface area contributed by atoms with Crippen molar-refractivity contribution in [2.45, 2.75) is 17.7 Å². The average molecular weight is 344 g/mol. The molecule has 0 fully saturated rings. The van der Waals surface area contributed by atoms with Gasteiger partial charge >= 0.3 is 0 Å². The Bertz CT molecular complexity index is 785. The van der Waals surface area contributed by atoms with Crippen LogP contribution in [0, 0.1) is 0 Å². The lowest BCUT2D eigenvalue weighted by Crippen LogP contribution is -2.23. The number of anilines is 1. The van der Waals surface area contributed by atoms with E-state index in [1.54, 1.807) is 12.1 Å². The van der Waals surface area contributed by atoms with Crippen LogP contribution in [0.15, 0.2) is 72.1 Å². The molecule has 0 spiro atoms. The van der Waals surface area contributed by atoms with Crippen molar-refractivity contribution in [3.8, 4) is 0 Å². The first-order valence-corrected chi connectivity index (χ1v) is 9.04. The standard InChI is InChI=1S/C18H20N2O3S/c1-2-14-19-24(22,23)17-11-9-16(10-12-17)20-18(21)13-8-15-6-4-3-5-7-15/h2-7,9-12,19H,1,8,13-14H2,(H,20,21). The lowest BCUT2D eigenvalue weighted by Gasteiger charge is -2.08. The monoisotopic (exact) mass is 344 g/mol. The number of hydrogen-bond acceptors (Lipinski definition) is 3. The first-order valence-electron chi connectivity index (χ1n) is 7.55. The van der Waals surface area contributed by atoms with Gasteiger partial charge in [-0.2, -0.15) is 0 Å². The van der Waals surface area contributed by atoms with E-state index in [4.69, 9.17) is 0 Å². The van der Waals surface area contributed by atoms with Crippen LogP contribution in [0.5, 0.6) is 0 Å². The molecule has 2 aromatic carbocycles. The van der Waals surface area contributed by atoms with Crippen LogP contribution < -0.4 is 10.0 Å².